The Morgan fingerprint density at radius 2 is 2.05 bits per heavy atom. The largest absolute Gasteiger partial charge is 0.389 e. The second-order valence-corrected chi connectivity index (χ2v) is 5.70. The molecule has 3 N–H and O–H groups in total. The van der Waals surface area contributed by atoms with Gasteiger partial charge in [0.1, 0.15) is 0 Å². The molecule has 1 fully saturated rings. The second-order valence-electron chi connectivity index (χ2n) is 5.70. The summed E-state index contributed by atoms with van der Waals surface area (Å²) in [5.41, 5.74) is 5.87. The Balaban J connectivity index is 2.19. The summed E-state index contributed by atoms with van der Waals surface area (Å²) in [6, 6.07) is 0.360. The molecule has 1 rings (SSSR count). The van der Waals surface area contributed by atoms with Crippen molar-refractivity contribution in [2.24, 2.45) is 11.7 Å². The first-order chi connectivity index (χ1) is 9.02. The highest BCUT2D eigenvalue weighted by Gasteiger charge is 2.20. The van der Waals surface area contributed by atoms with Crippen LogP contribution in [0.3, 0.4) is 0 Å². The summed E-state index contributed by atoms with van der Waals surface area (Å²) in [5, 5.41) is 9.58. The van der Waals surface area contributed by atoms with E-state index in [4.69, 9.17) is 10.5 Å². The SMILES string of the molecule is COCC(O)CN(C)C(=O)CCC1CCC(N)CC1. The number of amides is 1. The maximum absolute atomic E-state index is 11.9. The molecule has 0 aromatic rings. The van der Waals surface area contributed by atoms with Gasteiger partial charge in [0, 0.05) is 33.2 Å². The van der Waals surface area contributed by atoms with Crippen molar-refractivity contribution in [2.45, 2.75) is 50.7 Å². The fourth-order valence-corrected chi connectivity index (χ4v) is 2.66. The van der Waals surface area contributed by atoms with Gasteiger partial charge in [0.05, 0.1) is 12.7 Å². The third-order valence-electron chi connectivity index (χ3n) is 3.93. The predicted molar refractivity (Wildman–Crippen MR) is 74.7 cm³/mol. The molecule has 0 radical (unpaired) electrons. The van der Waals surface area contributed by atoms with Crippen LogP contribution in [0.2, 0.25) is 0 Å². The zero-order valence-corrected chi connectivity index (χ0v) is 12.2. The Bertz CT molecular complexity index is 265. The molecule has 0 aromatic carbocycles. The van der Waals surface area contributed by atoms with Crippen molar-refractivity contribution >= 4 is 5.91 Å². The van der Waals surface area contributed by atoms with E-state index < -0.39 is 6.10 Å². The van der Waals surface area contributed by atoms with Crippen LogP contribution in [-0.4, -0.2) is 55.4 Å². The first kappa shape index (κ1) is 16.4. The lowest BCUT2D eigenvalue weighted by atomic mass is 9.84. The number of aliphatic hydroxyl groups is 1. The van der Waals surface area contributed by atoms with Crippen molar-refractivity contribution in [1.29, 1.82) is 0 Å². The topological polar surface area (TPSA) is 75.8 Å². The van der Waals surface area contributed by atoms with Gasteiger partial charge in [-0.2, -0.15) is 0 Å². The molecule has 0 saturated heterocycles. The molecule has 0 aliphatic heterocycles. The number of carbonyl (C=O) groups excluding carboxylic acids is 1. The molecule has 1 aliphatic rings. The first-order valence-corrected chi connectivity index (χ1v) is 7.19. The van der Waals surface area contributed by atoms with Gasteiger partial charge >= 0.3 is 0 Å². The fraction of sp³-hybridized carbons (Fsp3) is 0.929. The number of carbonyl (C=O) groups is 1. The van der Waals surface area contributed by atoms with Crippen molar-refractivity contribution in [3.63, 3.8) is 0 Å². The van der Waals surface area contributed by atoms with Gasteiger partial charge in [-0.05, 0) is 38.0 Å². The first-order valence-electron chi connectivity index (χ1n) is 7.19. The lowest BCUT2D eigenvalue weighted by Gasteiger charge is -2.27. The van der Waals surface area contributed by atoms with Gasteiger partial charge < -0.3 is 20.5 Å². The van der Waals surface area contributed by atoms with Crippen molar-refractivity contribution in [3.8, 4) is 0 Å². The van der Waals surface area contributed by atoms with Crippen LogP contribution < -0.4 is 5.73 Å². The lowest BCUT2D eigenvalue weighted by Crippen LogP contribution is -2.36. The number of likely N-dealkylation sites (N-methyl/N-ethyl adjacent to an activating group) is 1. The van der Waals surface area contributed by atoms with Gasteiger partial charge in [0.2, 0.25) is 5.91 Å². The highest BCUT2D eigenvalue weighted by Crippen LogP contribution is 2.27. The lowest BCUT2D eigenvalue weighted by molar-refractivity contribution is -0.132. The molecule has 1 saturated carbocycles. The Labute approximate surface area is 116 Å². The van der Waals surface area contributed by atoms with Crippen LogP contribution in [0, 0.1) is 5.92 Å². The van der Waals surface area contributed by atoms with E-state index >= 15 is 0 Å². The number of ether oxygens (including phenoxy) is 1. The highest BCUT2D eigenvalue weighted by atomic mass is 16.5. The molecule has 19 heavy (non-hydrogen) atoms. The van der Waals surface area contributed by atoms with Crippen LogP contribution in [0.4, 0.5) is 0 Å². The molecule has 5 heteroatoms. The Kier molecular flexibility index (Phi) is 7.34. The standard InChI is InChI=1S/C14H28N2O3/c1-16(9-13(17)10-19-2)14(18)8-5-11-3-6-12(15)7-4-11/h11-13,17H,3-10,15H2,1-2H3. The minimum Gasteiger partial charge on any atom is -0.389 e. The van der Waals surface area contributed by atoms with Gasteiger partial charge in [-0.1, -0.05) is 0 Å². The van der Waals surface area contributed by atoms with Gasteiger partial charge in [-0.3, -0.25) is 4.79 Å². The monoisotopic (exact) mass is 272 g/mol. The maximum atomic E-state index is 11.9. The Morgan fingerprint density at radius 3 is 2.63 bits per heavy atom. The molecule has 5 nitrogen and oxygen atoms in total. The molecule has 1 atom stereocenters. The van der Waals surface area contributed by atoms with Crippen LogP contribution in [0.5, 0.6) is 0 Å². The van der Waals surface area contributed by atoms with Crippen molar-refractivity contribution < 1.29 is 14.6 Å². The molecule has 0 spiro atoms. The van der Waals surface area contributed by atoms with Gasteiger partial charge in [0.15, 0.2) is 0 Å². The van der Waals surface area contributed by atoms with E-state index in [0.717, 1.165) is 32.1 Å². The third-order valence-corrected chi connectivity index (χ3v) is 3.93. The summed E-state index contributed by atoms with van der Waals surface area (Å²) in [4.78, 5) is 13.5. The maximum Gasteiger partial charge on any atom is 0.222 e. The van der Waals surface area contributed by atoms with Crippen LogP contribution in [0.1, 0.15) is 38.5 Å². The summed E-state index contributed by atoms with van der Waals surface area (Å²) < 4.78 is 4.85. The minimum atomic E-state index is -0.605. The van der Waals surface area contributed by atoms with Crippen LogP contribution >= 0.6 is 0 Å². The number of methoxy groups -OCH3 is 1. The average molecular weight is 272 g/mol. The molecular formula is C14H28N2O3. The van der Waals surface area contributed by atoms with Gasteiger partial charge in [-0.25, -0.2) is 0 Å². The summed E-state index contributed by atoms with van der Waals surface area (Å²) >= 11 is 0. The Hall–Kier alpha value is -0.650. The molecule has 0 bridgehead atoms. The van der Waals surface area contributed by atoms with E-state index in [-0.39, 0.29) is 12.5 Å². The van der Waals surface area contributed by atoms with E-state index in [9.17, 15) is 9.90 Å². The van der Waals surface area contributed by atoms with E-state index in [1.165, 1.54) is 0 Å². The summed E-state index contributed by atoms with van der Waals surface area (Å²) in [7, 11) is 3.27. The van der Waals surface area contributed by atoms with Crippen molar-refractivity contribution in [1.82, 2.24) is 4.90 Å². The molecule has 0 aromatic heterocycles. The van der Waals surface area contributed by atoms with Gasteiger partial charge in [0.25, 0.3) is 0 Å². The summed E-state index contributed by atoms with van der Waals surface area (Å²) in [5.74, 6) is 0.742. The van der Waals surface area contributed by atoms with Crippen molar-refractivity contribution in [2.75, 3.05) is 27.3 Å². The number of nitrogens with zero attached hydrogens (tertiary/aromatic N) is 1. The van der Waals surface area contributed by atoms with E-state index in [2.05, 4.69) is 0 Å². The molecule has 1 aliphatic carbocycles. The highest BCUT2D eigenvalue weighted by molar-refractivity contribution is 5.75. The third kappa shape index (κ3) is 6.36. The smallest absolute Gasteiger partial charge is 0.222 e. The average Bonchev–Trinajstić information content (AvgIpc) is 2.37. The molecule has 1 unspecified atom stereocenters. The van der Waals surface area contributed by atoms with E-state index in [1.807, 2.05) is 0 Å². The van der Waals surface area contributed by atoms with Crippen LogP contribution in [0.15, 0.2) is 0 Å². The summed E-state index contributed by atoms with van der Waals surface area (Å²) in [6.07, 6.45) is 5.36. The molecule has 112 valence electrons. The molecule has 1 amide bonds. The van der Waals surface area contributed by atoms with E-state index in [1.54, 1.807) is 19.1 Å². The number of hydrogen-bond acceptors (Lipinski definition) is 4. The Morgan fingerprint density at radius 1 is 1.42 bits per heavy atom. The summed E-state index contributed by atoms with van der Waals surface area (Å²) in [6.45, 7) is 0.598. The second kappa shape index (κ2) is 8.51. The zero-order valence-electron chi connectivity index (χ0n) is 12.2. The number of rotatable bonds is 7. The number of aliphatic hydroxyl groups excluding tert-OH is 1. The number of nitrogens with two attached hydrogens (primary N) is 1. The number of hydrogen-bond donors (Lipinski definition) is 2. The molecular weight excluding hydrogens is 244 g/mol. The normalized spacial score (nSPS) is 25.1. The molecule has 0 heterocycles. The van der Waals surface area contributed by atoms with Crippen molar-refractivity contribution in [3.05, 3.63) is 0 Å². The minimum absolute atomic E-state index is 0.102. The quantitative estimate of drug-likeness (QED) is 0.717. The zero-order chi connectivity index (χ0) is 14.3. The van der Waals surface area contributed by atoms with Crippen LogP contribution in [0.25, 0.3) is 0 Å². The van der Waals surface area contributed by atoms with E-state index in [0.29, 0.717) is 24.9 Å². The fourth-order valence-electron chi connectivity index (χ4n) is 2.66. The predicted octanol–water partition coefficient (Wildman–Crippen LogP) is 0.750. The van der Waals surface area contributed by atoms with Gasteiger partial charge in [-0.15, -0.1) is 0 Å². The van der Waals surface area contributed by atoms with Crippen LogP contribution in [-0.2, 0) is 9.53 Å².